The Morgan fingerprint density at radius 2 is 2.11 bits per heavy atom. The highest BCUT2D eigenvalue weighted by molar-refractivity contribution is 6.32. The van der Waals surface area contributed by atoms with Crippen LogP contribution in [0.1, 0.15) is 38.8 Å². The van der Waals surface area contributed by atoms with Crippen LogP contribution in [0.25, 0.3) is 0 Å². The molecule has 102 valence electrons. The minimum atomic E-state index is -0.443. The molecule has 0 spiro atoms. The highest BCUT2D eigenvalue weighted by Crippen LogP contribution is 2.28. The minimum absolute atomic E-state index is 0.266. The molecule has 0 radical (unpaired) electrons. The maximum atomic E-state index is 9.44. The number of benzene rings is 1. The summed E-state index contributed by atoms with van der Waals surface area (Å²) in [7, 11) is 0. The SMILES string of the molecule is CCNC(C)c1ccc(OCC(O)CC)c(Cl)c1. The third-order valence-corrected chi connectivity index (χ3v) is 3.16. The average molecular weight is 272 g/mol. The summed E-state index contributed by atoms with van der Waals surface area (Å²) in [5, 5.41) is 13.4. The summed E-state index contributed by atoms with van der Waals surface area (Å²) in [6, 6.07) is 6.02. The van der Waals surface area contributed by atoms with Gasteiger partial charge in [0, 0.05) is 6.04 Å². The molecule has 4 heteroatoms. The third-order valence-electron chi connectivity index (χ3n) is 2.87. The first-order valence-corrected chi connectivity index (χ1v) is 6.79. The highest BCUT2D eigenvalue weighted by atomic mass is 35.5. The molecule has 0 aromatic heterocycles. The molecular weight excluding hydrogens is 250 g/mol. The smallest absolute Gasteiger partial charge is 0.138 e. The monoisotopic (exact) mass is 271 g/mol. The number of aliphatic hydroxyl groups excluding tert-OH is 1. The molecule has 0 saturated heterocycles. The normalized spacial score (nSPS) is 14.3. The number of nitrogens with one attached hydrogen (secondary N) is 1. The van der Waals surface area contributed by atoms with Crippen LogP contribution in [0.2, 0.25) is 5.02 Å². The summed E-state index contributed by atoms with van der Waals surface area (Å²) in [4.78, 5) is 0. The first-order valence-electron chi connectivity index (χ1n) is 6.42. The van der Waals surface area contributed by atoms with Gasteiger partial charge >= 0.3 is 0 Å². The zero-order valence-electron chi connectivity index (χ0n) is 11.2. The van der Waals surface area contributed by atoms with Crippen molar-refractivity contribution in [2.45, 2.75) is 39.3 Å². The van der Waals surface area contributed by atoms with Gasteiger partial charge in [-0.15, -0.1) is 0 Å². The van der Waals surface area contributed by atoms with E-state index in [0.717, 1.165) is 12.1 Å². The van der Waals surface area contributed by atoms with Gasteiger partial charge in [-0.2, -0.15) is 0 Å². The van der Waals surface area contributed by atoms with E-state index < -0.39 is 6.10 Å². The van der Waals surface area contributed by atoms with Crippen LogP contribution >= 0.6 is 11.6 Å². The quantitative estimate of drug-likeness (QED) is 0.800. The number of hydrogen-bond acceptors (Lipinski definition) is 3. The van der Waals surface area contributed by atoms with Crippen LogP contribution in [0.3, 0.4) is 0 Å². The van der Waals surface area contributed by atoms with Crippen LogP contribution in [-0.2, 0) is 0 Å². The predicted molar refractivity (Wildman–Crippen MR) is 75.3 cm³/mol. The second-order valence-electron chi connectivity index (χ2n) is 4.34. The van der Waals surface area contributed by atoms with E-state index in [2.05, 4.69) is 19.2 Å². The van der Waals surface area contributed by atoms with Crippen LogP contribution in [-0.4, -0.2) is 24.4 Å². The van der Waals surface area contributed by atoms with Gasteiger partial charge in [0.2, 0.25) is 0 Å². The number of hydrogen-bond donors (Lipinski definition) is 2. The van der Waals surface area contributed by atoms with Crippen LogP contribution in [0, 0.1) is 0 Å². The van der Waals surface area contributed by atoms with E-state index >= 15 is 0 Å². The van der Waals surface area contributed by atoms with E-state index in [1.807, 2.05) is 25.1 Å². The lowest BCUT2D eigenvalue weighted by Gasteiger charge is -2.15. The Morgan fingerprint density at radius 3 is 2.67 bits per heavy atom. The van der Waals surface area contributed by atoms with Gasteiger partial charge in [-0.05, 0) is 37.6 Å². The van der Waals surface area contributed by atoms with Crippen molar-refractivity contribution in [3.05, 3.63) is 28.8 Å². The highest BCUT2D eigenvalue weighted by Gasteiger charge is 2.09. The van der Waals surface area contributed by atoms with Crippen molar-refractivity contribution < 1.29 is 9.84 Å². The first kappa shape index (κ1) is 15.3. The summed E-state index contributed by atoms with van der Waals surface area (Å²) in [5.41, 5.74) is 1.13. The predicted octanol–water partition coefficient (Wildman–Crippen LogP) is 3.16. The summed E-state index contributed by atoms with van der Waals surface area (Å²) >= 11 is 6.17. The van der Waals surface area contributed by atoms with Gasteiger partial charge in [-0.3, -0.25) is 0 Å². The fourth-order valence-corrected chi connectivity index (χ4v) is 1.87. The largest absolute Gasteiger partial charge is 0.489 e. The van der Waals surface area contributed by atoms with Gasteiger partial charge in [-0.25, -0.2) is 0 Å². The molecule has 1 aromatic rings. The van der Waals surface area contributed by atoms with Crippen molar-refractivity contribution in [1.82, 2.24) is 5.32 Å². The molecule has 0 fully saturated rings. The first-order chi connectivity index (χ1) is 8.58. The number of rotatable bonds is 7. The summed E-state index contributed by atoms with van der Waals surface area (Å²) in [5.74, 6) is 0.622. The standard InChI is InChI=1S/C14H22ClNO2/c1-4-12(17)9-18-14-7-6-11(8-13(14)15)10(3)16-5-2/h6-8,10,12,16-17H,4-5,9H2,1-3H3. The zero-order valence-corrected chi connectivity index (χ0v) is 12.0. The van der Waals surface area contributed by atoms with E-state index in [1.165, 1.54) is 0 Å². The van der Waals surface area contributed by atoms with E-state index in [0.29, 0.717) is 17.2 Å². The average Bonchev–Trinajstić information content (AvgIpc) is 2.37. The van der Waals surface area contributed by atoms with E-state index in [-0.39, 0.29) is 12.6 Å². The van der Waals surface area contributed by atoms with Crippen LogP contribution < -0.4 is 10.1 Å². The van der Waals surface area contributed by atoms with Gasteiger partial charge in [0.05, 0.1) is 11.1 Å². The van der Waals surface area contributed by atoms with Crippen molar-refractivity contribution in [1.29, 1.82) is 0 Å². The molecule has 0 amide bonds. The molecule has 2 N–H and O–H groups in total. The molecular formula is C14H22ClNO2. The lowest BCUT2D eigenvalue weighted by molar-refractivity contribution is 0.104. The number of aliphatic hydroxyl groups is 1. The Morgan fingerprint density at radius 1 is 1.39 bits per heavy atom. The van der Waals surface area contributed by atoms with Crippen molar-refractivity contribution >= 4 is 11.6 Å². The molecule has 0 aliphatic rings. The van der Waals surface area contributed by atoms with Gasteiger partial charge in [0.25, 0.3) is 0 Å². The Hall–Kier alpha value is -0.770. The van der Waals surface area contributed by atoms with Gasteiger partial charge in [0.1, 0.15) is 12.4 Å². The Balaban J connectivity index is 2.67. The molecule has 0 aliphatic heterocycles. The maximum absolute atomic E-state index is 9.44. The molecule has 2 atom stereocenters. The summed E-state index contributed by atoms with van der Waals surface area (Å²) in [6.45, 7) is 7.27. The second kappa shape index (κ2) is 7.62. The van der Waals surface area contributed by atoms with Crippen LogP contribution in [0.5, 0.6) is 5.75 Å². The van der Waals surface area contributed by atoms with E-state index in [4.69, 9.17) is 16.3 Å². The zero-order chi connectivity index (χ0) is 13.5. The molecule has 0 bridgehead atoms. The van der Waals surface area contributed by atoms with Gasteiger partial charge in [-0.1, -0.05) is 31.5 Å². The second-order valence-corrected chi connectivity index (χ2v) is 4.75. The van der Waals surface area contributed by atoms with Crippen molar-refractivity contribution in [2.75, 3.05) is 13.2 Å². The molecule has 3 nitrogen and oxygen atoms in total. The summed E-state index contributed by atoms with van der Waals surface area (Å²) in [6.07, 6.45) is 0.231. The number of halogens is 1. The Kier molecular flexibility index (Phi) is 6.47. The van der Waals surface area contributed by atoms with Crippen molar-refractivity contribution in [2.24, 2.45) is 0 Å². The molecule has 18 heavy (non-hydrogen) atoms. The fourth-order valence-electron chi connectivity index (χ4n) is 1.63. The molecule has 0 aliphatic carbocycles. The lowest BCUT2D eigenvalue weighted by atomic mass is 10.1. The van der Waals surface area contributed by atoms with Crippen molar-refractivity contribution in [3.8, 4) is 5.75 Å². The minimum Gasteiger partial charge on any atom is -0.489 e. The number of ether oxygens (including phenoxy) is 1. The molecule has 2 unspecified atom stereocenters. The van der Waals surface area contributed by atoms with Crippen LogP contribution in [0.4, 0.5) is 0 Å². The van der Waals surface area contributed by atoms with E-state index in [9.17, 15) is 5.11 Å². The fraction of sp³-hybridized carbons (Fsp3) is 0.571. The molecule has 1 rings (SSSR count). The molecule has 1 aromatic carbocycles. The van der Waals surface area contributed by atoms with E-state index in [1.54, 1.807) is 0 Å². The maximum Gasteiger partial charge on any atom is 0.138 e. The third kappa shape index (κ3) is 4.48. The lowest BCUT2D eigenvalue weighted by Crippen LogP contribution is -2.18. The Labute approximate surface area is 114 Å². The molecule has 0 saturated carbocycles. The molecule has 0 heterocycles. The van der Waals surface area contributed by atoms with Gasteiger partial charge < -0.3 is 15.2 Å². The summed E-state index contributed by atoms with van der Waals surface area (Å²) < 4.78 is 5.48. The van der Waals surface area contributed by atoms with Crippen LogP contribution in [0.15, 0.2) is 18.2 Å². The topological polar surface area (TPSA) is 41.5 Å². The van der Waals surface area contributed by atoms with Gasteiger partial charge in [0.15, 0.2) is 0 Å². The van der Waals surface area contributed by atoms with Crippen molar-refractivity contribution in [3.63, 3.8) is 0 Å². The Bertz CT molecular complexity index is 371.